The molecule has 0 bridgehead atoms. The van der Waals surface area contributed by atoms with Crippen molar-refractivity contribution in [3.8, 4) is 11.5 Å². The molecule has 0 amide bonds. The van der Waals surface area contributed by atoms with E-state index < -0.39 is 6.61 Å². The van der Waals surface area contributed by atoms with Crippen LogP contribution in [0.25, 0.3) is 0 Å². The third kappa shape index (κ3) is 3.92. The predicted octanol–water partition coefficient (Wildman–Crippen LogP) is 4.11. The van der Waals surface area contributed by atoms with E-state index >= 15 is 0 Å². The van der Waals surface area contributed by atoms with E-state index in [9.17, 15) is 8.78 Å². The van der Waals surface area contributed by atoms with Gasteiger partial charge in [0.2, 0.25) is 0 Å². The molecule has 0 heterocycles. The van der Waals surface area contributed by atoms with Crippen LogP contribution in [0.15, 0.2) is 46.9 Å². The highest BCUT2D eigenvalue weighted by Gasteiger charge is 2.12. The Morgan fingerprint density at radius 2 is 1.67 bits per heavy atom. The Bertz CT molecular complexity index is 605. The SMILES string of the molecule is COc1ccc(C(N)c2ccc(OC(F)F)cc2)cc1Br. The van der Waals surface area contributed by atoms with Crippen molar-refractivity contribution in [1.29, 1.82) is 0 Å². The molecule has 0 aliphatic rings. The van der Waals surface area contributed by atoms with Gasteiger partial charge in [0.05, 0.1) is 17.6 Å². The lowest BCUT2D eigenvalue weighted by Gasteiger charge is -2.15. The topological polar surface area (TPSA) is 44.5 Å². The van der Waals surface area contributed by atoms with Gasteiger partial charge >= 0.3 is 6.61 Å². The zero-order valence-electron chi connectivity index (χ0n) is 11.2. The smallest absolute Gasteiger partial charge is 0.387 e. The lowest BCUT2D eigenvalue weighted by atomic mass is 9.99. The first-order chi connectivity index (χ1) is 10.0. The summed E-state index contributed by atoms with van der Waals surface area (Å²) in [5, 5.41) is 0. The Labute approximate surface area is 129 Å². The number of ether oxygens (including phenoxy) is 2. The number of methoxy groups -OCH3 is 1. The standard InChI is InChI=1S/C15H14BrF2NO2/c1-20-13-7-4-10(8-12(13)16)14(19)9-2-5-11(6-3-9)21-15(17)18/h2-8,14-15H,19H2,1H3. The van der Waals surface area contributed by atoms with Gasteiger partial charge in [-0.15, -0.1) is 0 Å². The number of hydrogen-bond donors (Lipinski definition) is 1. The minimum Gasteiger partial charge on any atom is -0.496 e. The fourth-order valence-electron chi connectivity index (χ4n) is 1.93. The van der Waals surface area contributed by atoms with Crippen LogP contribution in [-0.2, 0) is 0 Å². The fraction of sp³-hybridized carbons (Fsp3) is 0.200. The van der Waals surface area contributed by atoms with Gasteiger partial charge in [-0.25, -0.2) is 0 Å². The molecular formula is C15H14BrF2NO2. The van der Waals surface area contributed by atoms with Crippen molar-refractivity contribution in [2.24, 2.45) is 5.73 Å². The summed E-state index contributed by atoms with van der Waals surface area (Å²) in [6, 6.07) is 11.5. The zero-order chi connectivity index (χ0) is 15.4. The lowest BCUT2D eigenvalue weighted by molar-refractivity contribution is -0.0498. The molecule has 1 unspecified atom stereocenters. The van der Waals surface area contributed by atoms with Crippen LogP contribution in [0.1, 0.15) is 17.2 Å². The van der Waals surface area contributed by atoms with Gasteiger partial charge in [-0.2, -0.15) is 8.78 Å². The molecule has 1 atom stereocenters. The van der Waals surface area contributed by atoms with E-state index in [1.807, 2.05) is 18.2 Å². The summed E-state index contributed by atoms with van der Waals surface area (Å²) in [6.07, 6.45) is 0. The number of hydrogen-bond acceptors (Lipinski definition) is 3. The van der Waals surface area contributed by atoms with Gasteiger partial charge in [0, 0.05) is 0 Å². The second kappa shape index (κ2) is 6.87. The first-order valence-corrected chi connectivity index (χ1v) is 6.94. The number of halogens is 3. The van der Waals surface area contributed by atoms with Gasteiger partial charge in [0.15, 0.2) is 0 Å². The molecule has 2 aromatic rings. The Hall–Kier alpha value is -1.66. The van der Waals surface area contributed by atoms with Crippen LogP contribution < -0.4 is 15.2 Å². The zero-order valence-corrected chi connectivity index (χ0v) is 12.8. The van der Waals surface area contributed by atoms with Crippen LogP contribution in [0, 0.1) is 0 Å². The third-order valence-corrected chi connectivity index (χ3v) is 3.62. The molecule has 3 nitrogen and oxygen atoms in total. The maximum absolute atomic E-state index is 12.1. The van der Waals surface area contributed by atoms with Crippen LogP contribution in [0.2, 0.25) is 0 Å². The second-order valence-electron chi connectivity index (χ2n) is 4.32. The van der Waals surface area contributed by atoms with E-state index in [1.54, 1.807) is 19.2 Å². The Morgan fingerprint density at radius 1 is 1.05 bits per heavy atom. The van der Waals surface area contributed by atoms with Gasteiger partial charge in [-0.1, -0.05) is 18.2 Å². The molecule has 0 spiro atoms. The van der Waals surface area contributed by atoms with Crippen LogP contribution in [0.4, 0.5) is 8.78 Å². The van der Waals surface area contributed by atoms with Gasteiger partial charge in [-0.05, 0) is 51.3 Å². The summed E-state index contributed by atoms with van der Waals surface area (Å²) in [6.45, 7) is -2.83. The van der Waals surface area contributed by atoms with E-state index in [1.165, 1.54) is 12.1 Å². The van der Waals surface area contributed by atoms with Crippen molar-refractivity contribution >= 4 is 15.9 Å². The van der Waals surface area contributed by atoms with E-state index in [-0.39, 0.29) is 11.8 Å². The monoisotopic (exact) mass is 357 g/mol. The molecule has 2 N–H and O–H groups in total. The van der Waals surface area contributed by atoms with Crippen molar-refractivity contribution in [2.45, 2.75) is 12.7 Å². The van der Waals surface area contributed by atoms with Gasteiger partial charge < -0.3 is 15.2 Å². The van der Waals surface area contributed by atoms with Gasteiger partial charge in [0.1, 0.15) is 11.5 Å². The largest absolute Gasteiger partial charge is 0.496 e. The minimum atomic E-state index is -2.83. The average molecular weight is 358 g/mol. The number of nitrogens with two attached hydrogens (primary N) is 1. The number of rotatable bonds is 5. The molecule has 21 heavy (non-hydrogen) atoms. The molecule has 0 fully saturated rings. The summed E-state index contributed by atoms with van der Waals surface area (Å²) in [4.78, 5) is 0. The van der Waals surface area contributed by atoms with E-state index in [0.717, 1.165) is 15.6 Å². The number of benzene rings is 2. The summed E-state index contributed by atoms with van der Waals surface area (Å²) >= 11 is 3.40. The summed E-state index contributed by atoms with van der Waals surface area (Å²) in [5.41, 5.74) is 7.86. The molecule has 2 aromatic carbocycles. The first-order valence-electron chi connectivity index (χ1n) is 6.15. The third-order valence-electron chi connectivity index (χ3n) is 3.00. The molecule has 0 saturated carbocycles. The van der Waals surface area contributed by atoms with Crippen molar-refractivity contribution < 1.29 is 18.3 Å². The molecule has 112 valence electrons. The molecular weight excluding hydrogens is 344 g/mol. The molecule has 2 rings (SSSR count). The molecule has 0 aromatic heterocycles. The normalized spacial score (nSPS) is 12.3. The lowest BCUT2D eigenvalue weighted by Crippen LogP contribution is -2.12. The molecule has 0 radical (unpaired) electrons. The maximum atomic E-state index is 12.1. The summed E-state index contributed by atoms with van der Waals surface area (Å²) in [5.74, 6) is 0.823. The maximum Gasteiger partial charge on any atom is 0.387 e. The minimum absolute atomic E-state index is 0.108. The quantitative estimate of drug-likeness (QED) is 0.875. The molecule has 0 aliphatic heterocycles. The summed E-state index contributed by atoms with van der Waals surface area (Å²) < 4.78 is 34.5. The number of alkyl halides is 2. The molecule has 0 saturated heterocycles. The average Bonchev–Trinajstić information content (AvgIpc) is 2.46. The van der Waals surface area contributed by atoms with Crippen LogP contribution in [0.3, 0.4) is 0 Å². The molecule has 0 aliphatic carbocycles. The van der Waals surface area contributed by atoms with E-state index in [0.29, 0.717) is 5.75 Å². The van der Waals surface area contributed by atoms with Crippen LogP contribution >= 0.6 is 15.9 Å². The Kier molecular flexibility index (Phi) is 5.14. The highest BCUT2D eigenvalue weighted by Crippen LogP contribution is 2.30. The van der Waals surface area contributed by atoms with E-state index in [2.05, 4.69) is 20.7 Å². The van der Waals surface area contributed by atoms with Gasteiger partial charge in [-0.3, -0.25) is 0 Å². The van der Waals surface area contributed by atoms with Crippen LogP contribution in [0.5, 0.6) is 11.5 Å². The van der Waals surface area contributed by atoms with Crippen LogP contribution in [-0.4, -0.2) is 13.7 Å². The van der Waals surface area contributed by atoms with Crippen molar-refractivity contribution in [2.75, 3.05) is 7.11 Å². The Morgan fingerprint density at radius 3 is 2.19 bits per heavy atom. The van der Waals surface area contributed by atoms with Crippen molar-refractivity contribution in [3.05, 3.63) is 58.1 Å². The fourth-order valence-corrected chi connectivity index (χ4v) is 2.48. The van der Waals surface area contributed by atoms with Gasteiger partial charge in [0.25, 0.3) is 0 Å². The van der Waals surface area contributed by atoms with Crippen molar-refractivity contribution in [3.63, 3.8) is 0 Å². The first kappa shape index (κ1) is 15.7. The second-order valence-corrected chi connectivity index (χ2v) is 5.17. The highest BCUT2D eigenvalue weighted by molar-refractivity contribution is 9.10. The predicted molar refractivity (Wildman–Crippen MR) is 79.8 cm³/mol. The van der Waals surface area contributed by atoms with E-state index in [4.69, 9.17) is 10.5 Å². The Balaban J connectivity index is 2.19. The highest BCUT2D eigenvalue weighted by atomic mass is 79.9. The van der Waals surface area contributed by atoms with Crippen molar-refractivity contribution in [1.82, 2.24) is 0 Å². The molecule has 6 heteroatoms. The summed E-state index contributed by atoms with van der Waals surface area (Å²) in [7, 11) is 1.58.